The highest BCUT2D eigenvalue weighted by Crippen LogP contribution is 2.28. The van der Waals surface area contributed by atoms with Crippen molar-refractivity contribution in [2.75, 3.05) is 16.8 Å². The van der Waals surface area contributed by atoms with Gasteiger partial charge in [-0.3, -0.25) is 9.59 Å². The lowest BCUT2D eigenvalue weighted by atomic mass is 10.1. The van der Waals surface area contributed by atoms with Crippen molar-refractivity contribution < 1.29 is 9.59 Å². The maximum Gasteiger partial charge on any atom is 0.229 e. The minimum Gasteiger partial charge on any atom is -0.326 e. The molecule has 0 radical (unpaired) electrons. The van der Waals surface area contributed by atoms with Gasteiger partial charge in [0.25, 0.3) is 0 Å². The lowest BCUT2D eigenvalue weighted by Crippen LogP contribution is -2.28. The molecule has 2 amide bonds. The second-order valence-electron chi connectivity index (χ2n) is 6.57. The van der Waals surface area contributed by atoms with E-state index in [9.17, 15) is 9.59 Å². The first-order valence-electron chi connectivity index (χ1n) is 9.00. The smallest absolute Gasteiger partial charge is 0.229 e. The van der Waals surface area contributed by atoms with E-state index in [0.717, 1.165) is 34.3 Å². The highest BCUT2D eigenvalue weighted by molar-refractivity contribution is 9.10. The molecular formula is C21H23BrN2O2. The molecule has 5 heteroatoms. The fourth-order valence-electron chi connectivity index (χ4n) is 3.26. The van der Waals surface area contributed by atoms with Crippen molar-refractivity contribution in [2.45, 2.75) is 33.1 Å². The third kappa shape index (κ3) is 3.98. The fourth-order valence-corrected chi connectivity index (χ4v) is 3.66. The number of carbonyl (C=O) groups excluding carboxylic acids is 2. The number of nitrogens with one attached hydrogen (secondary N) is 1. The quantitative estimate of drug-likeness (QED) is 0.778. The Morgan fingerprint density at radius 1 is 1.15 bits per heavy atom. The number of amides is 2. The zero-order valence-electron chi connectivity index (χ0n) is 15.1. The lowest BCUT2D eigenvalue weighted by Gasteiger charge is -2.17. The zero-order chi connectivity index (χ0) is 18.7. The van der Waals surface area contributed by atoms with E-state index in [4.69, 9.17) is 0 Å². The third-order valence-corrected chi connectivity index (χ3v) is 5.35. The molecule has 1 aliphatic heterocycles. The molecule has 26 heavy (non-hydrogen) atoms. The first kappa shape index (κ1) is 18.6. The Balaban J connectivity index is 1.70. The Labute approximate surface area is 162 Å². The Kier molecular flexibility index (Phi) is 5.77. The summed E-state index contributed by atoms with van der Waals surface area (Å²) < 4.78 is 0.991. The number of nitrogens with zero attached hydrogens (tertiary/aromatic N) is 1. The number of anilines is 2. The van der Waals surface area contributed by atoms with Crippen molar-refractivity contribution in [3.8, 4) is 0 Å². The van der Waals surface area contributed by atoms with Crippen molar-refractivity contribution in [1.29, 1.82) is 0 Å². The molecule has 1 N–H and O–H groups in total. The maximum atomic E-state index is 12.7. The van der Waals surface area contributed by atoms with Crippen LogP contribution in [0.4, 0.5) is 11.4 Å². The van der Waals surface area contributed by atoms with Crippen LogP contribution in [0, 0.1) is 5.92 Å². The van der Waals surface area contributed by atoms with E-state index in [1.54, 1.807) is 4.90 Å². The van der Waals surface area contributed by atoms with Crippen molar-refractivity contribution in [3.05, 3.63) is 58.1 Å². The molecule has 3 rings (SSSR count). The number of aryl methyl sites for hydroxylation is 2. The Morgan fingerprint density at radius 3 is 2.54 bits per heavy atom. The predicted molar refractivity (Wildman–Crippen MR) is 108 cm³/mol. The van der Waals surface area contributed by atoms with E-state index in [0.29, 0.717) is 6.54 Å². The van der Waals surface area contributed by atoms with E-state index < -0.39 is 0 Å². The van der Waals surface area contributed by atoms with Gasteiger partial charge in [-0.15, -0.1) is 0 Å². The van der Waals surface area contributed by atoms with Crippen LogP contribution >= 0.6 is 15.9 Å². The molecule has 0 spiro atoms. The molecule has 0 bridgehead atoms. The van der Waals surface area contributed by atoms with E-state index >= 15 is 0 Å². The van der Waals surface area contributed by atoms with Crippen molar-refractivity contribution in [1.82, 2.24) is 0 Å². The minimum atomic E-state index is -0.332. The van der Waals surface area contributed by atoms with Gasteiger partial charge in [-0.25, -0.2) is 0 Å². The van der Waals surface area contributed by atoms with Gasteiger partial charge in [0.15, 0.2) is 0 Å². The SMILES string of the molecule is CCc1ccc(N2C[C@@H](C(=O)Nc3ccc(Br)cc3CC)CC2=O)cc1. The molecular weight excluding hydrogens is 392 g/mol. The molecule has 0 aromatic heterocycles. The van der Waals surface area contributed by atoms with Crippen LogP contribution in [0.3, 0.4) is 0 Å². The fraction of sp³-hybridized carbons (Fsp3) is 0.333. The summed E-state index contributed by atoms with van der Waals surface area (Å²) in [5.74, 6) is -0.425. The van der Waals surface area contributed by atoms with Gasteiger partial charge < -0.3 is 10.2 Å². The Morgan fingerprint density at radius 2 is 1.88 bits per heavy atom. The summed E-state index contributed by atoms with van der Waals surface area (Å²) >= 11 is 3.46. The van der Waals surface area contributed by atoms with Gasteiger partial charge in [0.05, 0.1) is 5.92 Å². The lowest BCUT2D eigenvalue weighted by molar-refractivity contribution is -0.122. The monoisotopic (exact) mass is 414 g/mol. The number of halogens is 1. The molecule has 1 fully saturated rings. The van der Waals surface area contributed by atoms with Crippen molar-refractivity contribution >= 4 is 39.1 Å². The van der Waals surface area contributed by atoms with E-state index in [-0.39, 0.29) is 24.2 Å². The second-order valence-corrected chi connectivity index (χ2v) is 7.49. The summed E-state index contributed by atoms with van der Waals surface area (Å²) in [4.78, 5) is 26.8. The molecule has 136 valence electrons. The van der Waals surface area contributed by atoms with Crippen LogP contribution in [-0.2, 0) is 22.4 Å². The summed E-state index contributed by atoms with van der Waals surface area (Å²) in [6, 6.07) is 13.8. The average molecular weight is 415 g/mol. The predicted octanol–water partition coefficient (Wildman–Crippen LogP) is 4.57. The number of hydrogen-bond acceptors (Lipinski definition) is 2. The van der Waals surface area contributed by atoms with Crippen LogP contribution in [0.1, 0.15) is 31.4 Å². The van der Waals surface area contributed by atoms with Gasteiger partial charge >= 0.3 is 0 Å². The van der Waals surface area contributed by atoms with Crippen LogP contribution < -0.4 is 10.2 Å². The molecule has 1 heterocycles. The van der Waals surface area contributed by atoms with Gasteiger partial charge in [-0.2, -0.15) is 0 Å². The highest BCUT2D eigenvalue weighted by atomic mass is 79.9. The second kappa shape index (κ2) is 8.04. The van der Waals surface area contributed by atoms with Gasteiger partial charge in [0.1, 0.15) is 0 Å². The standard InChI is InChI=1S/C21H23BrN2O2/c1-3-14-5-8-18(9-6-14)24-13-16(12-20(24)25)21(26)23-19-10-7-17(22)11-15(19)4-2/h5-11,16H,3-4,12-13H2,1-2H3,(H,23,26)/t16-/m0/s1. The molecule has 0 unspecified atom stereocenters. The summed E-state index contributed by atoms with van der Waals surface area (Å²) in [7, 11) is 0. The molecule has 4 nitrogen and oxygen atoms in total. The van der Waals surface area contributed by atoms with Crippen LogP contribution in [0.15, 0.2) is 46.9 Å². The van der Waals surface area contributed by atoms with E-state index in [1.807, 2.05) is 42.5 Å². The number of rotatable bonds is 5. The summed E-state index contributed by atoms with van der Waals surface area (Å²) in [5.41, 5.74) is 3.99. The summed E-state index contributed by atoms with van der Waals surface area (Å²) in [6.45, 7) is 4.58. The normalized spacial score (nSPS) is 16.8. The van der Waals surface area contributed by atoms with Crippen LogP contribution in [0.5, 0.6) is 0 Å². The summed E-state index contributed by atoms with van der Waals surface area (Å²) in [6.07, 6.45) is 2.04. The van der Waals surface area contributed by atoms with Crippen molar-refractivity contribution in [3.63, 3.8) is 0 Å². The molecule has 2 aromatic carbocycles. The number of carbonyl (C=O) groups is 2. The molecule has 1 saturated heterocycles. The topological polar surface area (TPSA) is 49.4 Å². The number of benzene rings is 2. The first-order chi connectivity index (χ1) is 12.5. The van der Waals surface area contributed by atoms with E-state index in [2.05, 4.69) is 35.1 Å². The largest absolute Gasteiger partial charge is 0.326 e. The highest BCUT2D eigenvalue weighted by Gasteiger charge is 2.35. The van der Waals surface area contributed by atoms with Gasteiger partial charge in [-0.1, -0.05) is 41.9 Å². The first-order valence-corrected chi connectivity index (χ1v) is 9.79. The molecule has 1 aliphatic rings. The maximum absolute atomic E-state index is 12.7. The molecule has 0 saturated carbocycles. The Bertz CT molecular complexity index is 817. The zero-order valence-corrected chi connectivity index (χ0v) is 16.7. The minimum absolute atomic E-state index is 0.000851. The Hall–Kier alpha value is -2.14. The molecule has 2 aromatic rings. The number of hydrogen-bond donors (Lipinski definition) is 1. The van der Waals surface area contributed by atoms with Gasteiger partial charge in [0, 0.05) is 28.8 Å². The summed E-state index contributed by atoms with van der Waals surface area (Å²) in [5, 5.41) is 3.00. The molecule has 1 atom stereocenters. The van der Waals surface area contributed by atoms with Crippen LogP contribution in [0.2, 0.25) is 0 Å². The van der Waals surface area contributed by atoms with Crippen molar-refractivity contribution in [2.24, 2.45) is 5.92 Å². The van der Waals surface area contributed by atoms with Gasteiger partial charge in [-0.05, 0) is 54.3 Å². The van der Waals surface area contributed by atoms with Crippen LogP contribution in [-0.4, -0.2) is 18.4 Å². The van der Waals surface area contributed by atoms with E-state index in [1.165, 1.54) is 5.56 Å². The average Bonchev–Trinajstić information content (AvgIpc) is 3.05. The van der Waals surface area contributed by atoms with Gasteiger partial charge in [0.2, 0.25) is 11.8 Å². The molecule has 0 aliphatic carbocycles. The third-order valence-electron chi connectivity index (χ3n) is 4.86. The van der Waals surface area contributed by atoms with Crippen LogP contribution in [0.25, 0.3) is 0 Å².